The van der Waals surface area contributed by atoms with Crippen molar-refractivity contribution in [1.29, 1.82) is 0 Å². The van der Waals surface area contributed by atoms with E-state index in [0.717, 1.165) is 6.42 Å². The van der Waals surface area contributed by atoms with Crippen LogP contribution in [0.4, 0.5) is 5.69 Å². The molecule has 1 aromatic rings. The average molecular weight is 282 g/mol. The van der Waals surface area contributed by atoms with E-state index >= 15 is 0 Å². The normalized spacial score (nSPS) is 11.8. The molecule has 0 aromatic heterocycles. The second kappa shape index (κ2) is 8.27. The lowest BCUT2D eigenvalue weighted by Crippen LogP contribution is -2.37. The van der Waals surface area contributed by atoms with Crippen molar-refractivity contribution in [2.24, 2.45) is 0 Å². The fraction of sp³-hybridized carbons (Fsp3) is 0.500. The third-order valence-corrected chi connectivity index (χ3v) is 2.72. The number of amides is 1. The van der Waals surface area contributed by atoms with E-state index in [1.54, 1.807) is 39.3 Å². The smallest absolute Gasteiger partial charge is 0.260 e. The first-order valence-electron chi connectivity index (χ1n) is 6.45. The predicted octanol–water partition coefficient (Wildman–Crippen LogP) is 1.20. The Balaban J connectivity index is 2.52. The summed E-state index contributed by atoms with van der Waals surface area (Å²) in [5.74, 6) is 0.870. The van der Waals surface area contributed by atoms with Gasteiger partial charge in [-0.05, 0) is 25.5 Å². The first-order chi connectivity index (χ1) is 9.58. The molecule has 6 nitrogen and oxygen atoms in total. The second-order valence-corrected chi connectivity index (χ2v) is 4.30. The number of ether oxygens (including phenoxy) is 3. The van der Waals surface area contributed by atoms with Gasteiger partial charge < -0.3 is 25.3 Å². The number of carbonyl (C=O) groups is 1. The van der Waals surface area contributed by atoms with E-state index in [1.165, 1.54) is 0 Å². The van der Waals surface area contributed by atoms with E-state index in [1.807, 2.05) is 0 Å². The van der Waals surface area contributed by atoms with Crippen molar-refractivity contribution in [2.75, 3.05) is 33.1 Å². The van der Waals surface area contributed by atoms with E-state index in [0.29, 0.717) is 30.3 Å². The summed E-state index contributed by atoms with van der Waals surface area (Å²) in [6.07, 6.45) is 0.128. The Morgan fingerprint density at radius 2 is 2.15 bits per heavy atom. The minimum absolute atomic E-state index is 0.191. The molecule has 0 aliphatic carbocycles. The molecule has 0 spiro atoms. The van der Waals surface area contributed by atoms with Gasteiger partial charge in [0.05, 0.1) is 12.8 Å². The lowest BCUT2D eigenvalue weighted by atomic mass is 10.2. The SMILES string of the molecule is COCCCNC(=O)C(C)Oc1cc(OC)ccc1N. The molecule has 1 unspecified atom stereocenters. The summed E-state index contributed by atoms with van der Waals surface area (Å²) in [5.41, 5.74) is 6.27. The highest BCUT2D eigenvalue weighted by Gasteiger charge is 2.15. The molecule has 0 saturated heterocycles. The third-order valence-electron chi connectivity index (χ3n) is 2.72. The highest BCUT2D eigenvalue weighted by Crippen LogP contribution is 2.27. The molecule has 20 heavy (non-hydrogen) atoms. The van der Waals surface area contributed by atoms with Gasteiger partial charge in [0.15, 0.2) is 6.10 Å². The highest BCUT2D eigenvalue weighted by atomic mass is 16.5. The Kier molecular flexibility index (Phi) is 6.66. The first-order valence-corrected chi connectivity index (χ1v) is 6.45. The lowest BCUT2D eigenvalue weighted by molar-refractivity contribution is -0.127. The van der Waals surface area contributed by atoms with Crippen molar-refractivity contribution in [2.45, 2.75) is 19.4 Å². The zero-order chi connectivity index (χ0) is 15.0. The van der Waals surface area contributed by atoms with Gasteiger partial charge in [-0.3, -0.25) is 4.79 Å². The largest absolute Gasteiger partial charge is 0.497 e. The van der Waals surface area contributed by atoms with E-state index in [9.17, 15) is 4.79 Å². The summed E-state index contributed by atoms with van der Waals surface area (Å²) in [7, 11) is 3.18. The van der Waals surface area contributed by atoms with Gasteiger partial charge >= 0.3 is 0 Å². The molecule has 112 valence electrons. The van der Waals surface area contributed by atoms with E-state index in [-0.39, 0.29) is 5.91 Å². The van der Waals surface area contributed by atoms with Crippen LogP contribution in [-0.2, 0) is 9.53 Å². The van der Waals surface area contributed by atoms with Gasteiger partial charge in [0.1, 0.15) is 11.5 Å². The van der Waals surface area contributed by atoms with Crippen LogP contribution in [0.3, 0.4) is 0 Å². The van der Waals surface area contributed by atoms with Crippen molar-refractivity contribution in [3.8, 4) is 11.5 Å². The van der Waals surface area contributed by atoms with Gasteiger partial charge in [0, 0.05) is 26.3 Å². The summed E-state index contributed by atoms with van der Waals surface area (Å²) in [6, 6.07) is 5.07. The third kappa shape index (κ3) is 4.97. The number of anilines is 1. The zero-order valence-corrected chi connectivity index (χ0v) is 12.1. The summed E-state index contributed by atoms with van der Waals surface area (Å²) < 4.78 is 15.6. The molecule has 1 atom stereocenters. The average Bonchev–Trinajstić information content (AvgIpc) is 2.45. The monoisotopic (exact) mass is 282 g/mol. The quantitative estimate of drug-likeness (QED) is 0.553. The number of nitrogens with two attached hydrogens (primary N) is 1. The van der Waals surface area contributed by atoms with Crippen LogP contribution < -0.4 is 20.5 Å². The maximum absolute atomic E-state index is 11.8. The summed E-state index contributed by atoms with van der Waals surface area (Å²) in [5, 5.41) is 2.77. The van der Waals surface area contributed by atoms with Crippen molar-refractivity contribution < 1.29 is 19.0 Å². The molecular weight excluding hydrogens is 260 g/mol. The van der Waals surface area contributed by atoms with Crippen LogP contribution in [0.25, 0.3) is 0 Å². The van der Waals surface area contributed by atoms with Gasteiger partial charge in [-0.2, -0.15) is 0 Å². The standard InChI is InChI=1S/C14H22N2O4/c1-10(14(17)16-7-4-8-18-2)20-13-9-11(19-3)5-6-12(13)15/h5-6,9-10H,4,7-8,15H2,1-3H3,(H,16,17). The molecular formula is C14H22N2O4. The van der Waals surface area contributed by atoms with Crippen LogP contribution in [0, 0.1) is 0 Å². The molecule has 0 fully saturated rings. The zero-order valence-electron chi connectivity index (χ0n) is 12.1. The van der Waals surface area contributed by atoms with E-state index in [2.05, 4.69) is 5.32 Å². The van der Waals surface area contributed by atoms with Gasteiger partial charge in [-0.25, -0.2) is 0 Å². The number of hydrogen-bond acceptors (Lipinski definition) is 5. The fourth-order valence-electron chi connectivity index (χ4n) is 1.56. The molecule has 0 bridgehead atoms. The molecule has 0 aliphatic heterocycles. The molecule has 0 heterocycles. The van der Waals surface area contributed by atoms with Crippen molar-refractivity contribution in [3.63, 3.8) is 0 Å². The maximum Gasteiger partial charge on any atom is 0.260 e. The summed E-state index contributed by atoms with van der Waals surface area (Å²) in [6.45, 7) is 2.83. The van der Waals surface area contributed by atoms with Crippen molar-refractivity contribution in [1.82, 2.24) is 5.32 Å². The Morgan fingerprint density at radius 3 is 2.80 bits per heavy atom. The minimum atomic E-state index is -0.632. The number of methoxy groups -OCH3 is 2. The maximum atomic E-state index is 11.8. The Morgan fingerprint density at radius 1 is 1.40 bits per heavy atom. The Bertz CT molecular complexity index is 437. The molecule has 0 radical (unpaired) electrons. The first kappa shape index (κ1) is 16.1. The van der Waals surface area contributed by atoms with E-state index in [4.69, 9.17) is 19.9 Å². The van der Waals surface area contributed by atoms with Gasteiger partial charge in [-0.15, -0.1) is 0 Å². The number of rotatable bonds is 8. The van der Waals surface area contributed by atoms with Crippen LogP contribution in [0.2, 0.25) is 0 Å². The van der Waals surface area contributed by atoms with Crippen LogP contribution >= 0.6 is 0 Å². The predicted molar refractivity (Wildman–Crippen MR) is 77.0 cm³/mol. The molecule has 1 amide bonds. The molecule has 3 N–H and O–H groups in total. The second-order valence-electron chi connectivity index (χ2n) is 4.30. The van der Waals surface area contributed by atoms with Crippen molar-refractivity contribution in [3.05, 3.63) is 18.2 Å². The van der Waals surface area contributed by atoms with Crippen LogP contribution in [0.5, 0.6) is 11.5 Å². The molecule has 0 aliphatic rings. The van der Waals surface area contributed by atoms with Gasteiger partial charge in [0.2, 0.25) is 0 Å². The fourth-order valence-corrected chi connectivity index (χ4v) is 1.56. The summed E-state index contributed by atoms with van der Waals surface area (Å²) >= 11 is 0. The van der Waals surface area contributed by atoms with Crippen LogP contribution in [0.15, 0.2) is 18.2 Å². The van der Waals surface area contributed by atoms with Gasteiger partial charge in [-0.1, -0.05) is 0 Å². The number of nitrogens with one attached hydrogen (secondary N) is 1. The van der Waals surface area contributed by atoms with Gasteiger partial charge in [0.25, 0.3) is 5.91 Å². The van der Waals surface area contributed by atoms with Crippen LogP contribution in [-0.4, -0.2) is 39.4 Å². The Labute approximate surface area is 119 Å². The molecule has 1 aromatic carbocycles. The topological polar surface area (TPSA) is 82.8 Å². The summed E-state index contributed by atoms with van der Waals surface area (Å²) in [4.78, 5) is 11.8. The van der Waals surface area contributed by atoms with E-state index < -0.39 is 6.10 Å². The number of nitrogen functional groups attached to an aromatic ring is 1. The number of hydrogen-bond donors (Lipinski definition) is 2. The molecule has 6 heteroatoms. The number of benzene rings is 1. The minimum Gasteiger partial charge on any atom is -0.497 e. The highest BCUT2D eigenvalue weighted by molar-refractivity contribution is 5.80. The lowest BCUT2D eigenvalue weighted by Gasteiger charge is -2.16. The van der Waals surface area contributed by atoms with Crippen molar-refractivity contribution >= 4 is 11.6 Å². The number of carbonyl (C=O) groups excluding carboxylic acids is 1. The molecule has 1 rings (SSSR count). The van der Waals surface area contributed by atoms with Crippen LogP contribution in [0.1, 0.15) is 13.3 Å². The Hall–Kier alpha value is -1.95. The molecule has 0 saturated carbocycles.